The minimum Gasteiger partial charge on any atom is -0.341 e. The minimum absolute atomic E-state index is 0.0610. The second-order valence-corrected chi connectivity index (χ2v) is 6.67. The van der Waals surface area contributed by atoms with Crippen molar-refractivity contribution in [2.75, 3.05) is 19.6 Å². The van der Waals surface area contributed by atoms with Gasteiger partial charge in [-0.3, -0.25) is 9.59 Å². The fourth-order valence-electron chi connectivity index (χ4n) is 4.07. The number of carbonyl (C=O) groups excluding carboxylic acids is 2. The molecule has 0 unspecified atom stereocenters. The molecule has 4 heterocycles. The van der Waals surface area contributed by atoms with E-state index in [1.165, 1.54) is 0 Å². The second kappa shape index (κ2) is 5.58. The monoisotopic (exact) mass is 327 g/mol. The number of fused-ring (bicyclic) bond motifs is 1. The number of likely N-dealkylation sites (tertiary alicyclic amines) is 2. The number of carbonyl (C=O) groups is 2. The van der Waals surface area contributed by atoms with E-state index in [1.807, 2.05) is 16.7 Å². The average Bonchev–Trinajstić information content (AvgIpc) is 3.16. The summed E-state index contributed by atoms with van der Waals surface area (Å²) in [5.41, 5.74) is 0.713. The zero-order valence-corrected chi connectivity index (χ0v) is 13.8. The topological polar surface area (TPSA) is 70.8 Å². The molecule has 0 bridgehead atoms. The summed E-state index contributed by atoms with van der Waals surface area (Å²) in [5.74, 6) is 0.0874. The van der Waals surface area contributed by atoms with Crippen molar-refractivity contribution in [3.05, 3.63) is 30.2 Å². The molecule has 126 valence electrons. The van der Waals surface area contributed by atoms with E-state index in [-0.39, 0.29) is 17.4 Å². The lowest BCUT2D eigenvalue weighted by molar-refractivity contribution is -0.127. The fourth-order valence-corrected chi connectivity index (χ4v) is 4.07. The van der Waals surface area contributed by atoms with Gasteiger partial charge in [0.25, 0.3) is 5.91 Å². The molecule has 0 saturated carbocycles. The molecule has 0 radical (unpaired) electrons. The predicted molar refractivity (Wildman–Crippen MR) is 87.5 cm³/mol. The Morgan fingerprint density at radius 2 is 2.25 bits per heavy atom. The van der Waals surface area contributed by atoms with E-state index in [0.29, 0.717) is 37.3 Å². The van der Waals surface area contributed by atoms with Crippen molar-refractivity contribution in [3.8, 4) is 0 Å². The van der Waals surface area contributed by atoms with Crippen molar-refractivity contribution in [2.24, 2.45) is 0 Å². The van der Waals surface area contributed by atoms with Crippen LogP contribution < -0.4 is 0 Å². The van der Waals surface area contributed by atoms with E-state index in [4.69, 9.17) is 0 Å². The molecule has 4 rings (SSSR count). The first-order valence-electron chi connectivity index (χ1n) is 8.53. The maximum atomic E-state index is 13.2. The minimum atomic E-state index is -0.370. The van der Waals surface area contributed by atoms with Crippen LogP contribution in [0.4, 0.5) is 0 Å². The van der Waals surface area contributed by atoms with E-state index in [9.17, 15) is 9.59 Å². The highest BCUT2D eigenvalue weighted by atomic mass is 16.2. The van der Waals surface area contributed by atoms with E-state index < -0.39 is 0 Å². The second-order valence-electron chi connectivity index (χ2n) is 6.67. The molecule has 2 amide bonds. The number of likely N-dealkylation sites (N-methyl/N-ethyl adjacent to an activating group) is 1. The van der Waals surface area contributed by atoms with Crippen LogP contribution >= 0.6 is 0 Å². The summed E-state index contributed by atoms with van der Waals surface area (Å²) in [6.07, 6.45) is 8.37. The zero-order valence-electron chi connectivity index (χ0n) is 13.8. The van der Waals surface area contributed by atoms with Crippen LogP contribution in [-0.2, 0) is 4.79 Å². The molecule has 2 saturated heterocycles. The first-order valence-corrected chi connectivity index (χ1v) is 8.53. The third kappa shape index (κ3) is 2.18. The van der Waals surface area contributed by atoms with Gasteiger partial charge in [-0.05, 0) is 32.3 Å². The van der Waals surface area contributed by atoms with Gasteiger partial charge in [0, 0.05) is 32.0 Å². The summed E-state index contributed by atoms with van der Waals surface area (Å²) in [4.78, 5) is 33.6. The summed E-state index contributed by atoms with van der Waals surface area (Å²) in [5, 5.41) is 4.22. The van der Waals surface area contributed by atoms with Gasteiger partial charge in [0.1, 0.15) is 5.56 Å². The van der Waals surface area contributed by atoms with Crippen molar-refractivity contribution < 1.29 is 9.59 Å². The van der Waals surface area contributed by atoms with Crippen LogP contribution in [0.3, 0.4) is 0 Å². The number of hydrogen-bond donors (Lipinski definition) is 0. The maximum Gasteiger partial charge on any atom is 0.259 e. The number of rotatable bonds is 2. The Kier molecular flexibility index (Phi) is 3.51. The lowest BCUT2D eigenvalue weighted by Gasteiger charge is -2.44. The molecule has 0 aliphatic carbocycles. The maximum absolute atomic E-state index is 13.2. The summed E-state index contributed by atoms with van der Waals surface area (Å²) in [6.45, 7) is 4.01. The van der Waals surface area contributed by atoms with Crippen LogP contribution in [0.2, 0.25) is 0 Å². The molecular formula is C17H21N5O2. The molecule has 1 spiro atoms. The lowest BCUT2D eigenvalue weighted by Crippen LogP contribution is -2.56. The van der Waals surface area contributed by atoms with Gasteiger partial charge in [0.05, 0.1) is 18.2 Å². The van der Waals surface area contributed by atoms with Gasteiger partial charge in [0.15, 0.2) is 5.65 Å². The third-order valence-corrected chi connectivity index (χ3v) is 5.30. The highest BCUT2D eigenvalue weighted by Crippen LogP contribution is 2.38. The number of piperidine rings is 1. The molecule has 7 nitrogen and oxygen atoms in total. The standard InChI is InChI=1S/C17H21N5O2/c1-2-20-12-17(10-14(20)23)6-3-4-8-21(17)16(24)13-11-19-22-9-5-7-18-15(13)22/h5,7,9,11H,2-4,6,8,10,12H2,1H3/t17-/m1/s1. The molecule has 7 heteroatoms. The predicted octanol–water partition coefficient (Wildman–Crippen LogP) is 1.35. The lowest BCUT2D eigenvalue weighted by atomic mass is 9.85. The SMILES string of the molecule is CCN1C[C@@]2(CCCCN2C(=O)c2cnn3cccnc23)CC1=O. The van der Waals surface area contributed by atoms with Crippen molar-refractivity contribution in [1.29, 1.82) is 0 Å². The highest BCUT2D eigenvalue weighted by molar-refractivity contribution is 6.00. The van der Waals surface area contributed by atoms with E-state index >= 15 is 0 Å². The van der Waals surface area contributed by atoms with Crippen molar-refractivity contribution in [1.82, 2.24) is 24.4 Å². The quantitative estimate of drug-likeness (QED) is 0.835. The molecule has 2 aromatic heterocycles. The number of amides is 2. The van der Waals surface area contributed by atoms with E-state index in [0.717, 1.165) is 19.3 Å². The Balaban J connectivity index is 1.71. The normalized spacial score (nSPS) is 24.3. The van der Waals surface area contributed by atoms with Crippen LogP contribution in [0.25, 0.3) is 5.65 Å². The first-order chi connectivity index (χ1) is 11.6. The molecule has 2 aliphatic heterocycles. The first kappa shape index (κ1) is 15.1. The van der Waals surface area contributed by atoms with Crippen molar-refractivity contribution >= 4 is 17.5 Å². The van der Waals surface area contributed by atoms with E-state index in [2.05, 4.69) is 10.1 Å². The molecule has 2 aliphatic rings. The Bertz CT molecular complexity index is 801. The fraction of sp³-hybridized carbons (Fsp3) is 0.529. The van der Waals surface area contributed by atoms with Gasteiger partial charge in [-0.15, -0.1) is 0 Å². The molecule has 0 N–H and O–H groups in total. The largest absolute Gasteiger partial charge is 0.341 e. The molecule has 24 heavy (non-hydrogen) atoms. The molecule has 2 fully saturated rings. The van der Waals surface area contributed by atoms with E-state index in [1.54, 1.807) is 29.2 Å². The Morgan fingerprint density at radius 3 is 3.04 bits per heavy atom. The van der Waals surface area contributed by atoms with Gasteiger partial charge in [-0.2, -0.15) is 5.10 Å². The molecule has 1 atom stereocenters. The Hall–Kier alpha value is -2.44. The highest BCUT2D eigenvalue weighted by Gasteiger charge is 2.50. The van der Waals surface area contributed by atoms with Crippen LogP contribution in [0.5, 0.6) is 0 Å². The molecule has 2 aromatic rings. The molecule has 0 aromatic carbocycles. The van der Waals surface area contributed by atoms with Crippen molar-refractivity contribution in [2.45, 2.75) is 38.1 Å². The van der Waals surface area contributed by atoms with Gasteiger partial charge in [-0.1, -0.05) is 0 Å². The number of aromatic nitrogens is 3. The van der Waals surface area contributed by atoms with Gasteiger partial charge >= 0.3 is 0 Å². The number of nitrogens with zero attached hydrogens (tertiary/aromatic N) is 5. The van der Waals surface area contributed by atoms with Crippen molar-refractivity contribution in [3.63, 3.8) is 0 Å². The van der Waals surface area contributed by atoms with Crippen LogP contribution in [0.15, 0.2) is 24.7 Å². The average molecular weight is 327 g/mol. The molecular weight excluding hydrogens is 306 g/mol. The zero-order chi connectivity index (χ0) is 16.7. The smallest absolute Gasteiger partial charge is 0.259 e. The van der Waals surface area contributed by atoms with Gasteiger partial charge in [0.2, 0.25) is 5.91 Å². The summed E-state index contributed by atoms with van der Waals surface area (Å²) in [7, 11) is 0. The Morgan fingerprint density at radius 1 is 1.38 bits per heavy atom. The summed E-state index contributed by atoms with van der Waals surface area (Å²) in [6, 6.07) is 1.78. The van der Waals surface area contributed by atoms with Gasteiger partial charge in [-0.25, -0.2) is 9.50 Å². The summed E-state index contributed by atoms with van der Waals surface area (Å²) < 4.78 is 1.61. The van der Waals surface area contributed by atoms with Crippen LogP contribution in [0.1, 0.15) is 43.0 Å². The van der Waals surface area contributed by atoms with Crippen LogP contribution in [0, 0.1) is 0 Å². The van der Waals surface area contributed by atoms with Gasteiger partial charge < -0.3 is 9.80 Å². The summed E-state index contributed by atoms with van der Waals surface area (Å²) >= 11 is 0. The third-order valence-electron chi connectivity index (χ3n) is 5.30. The Labute approximate surface area is 140 Å². The number of hydrogen-bond acceptors (Lipinski definition) is 4. The van der Waals surface area contributed by atoms with Crippen LogP contribution in [-0.4, -0.2) is 61.4 Å².